The first-order chi connectivity index (χ1) is 9.47. The van der Waals surface area contributed by atoms with E-state index in [1.165, 1.54) is 18.2 Å². The third-order valence-electron chi connectivity index (χ3n) is 2.62. The van der Waals surface area contributed by atoms with Crippen LogP contribution in [0, 0.1) is 17.0 Å². The largest absolute Gasteiger partial charge is 0.307 e. The Morgan fingerprint density at radius 1 is 1.35 bits per heavy atom. The van der Waals surface area contributed by atoms with Crippen LogP contribution in [0.25, 0.3) is 0 Å². The van der Waals surface area contributed by atoms with E-state index in [4.69, 9.17) is 11.6 Å². The highest BCUT2D eigenvalue weighted by atomic mass is 35.5. The minimum absolute atomic E-state index is 0.100. The highest BCUT2D eigenvalue weighted by Crippen LogP contribution is 2.20. The van der Waals surface area contributed by atoms with Crippen molar-refractivity contribution >= 4 is 29.0 Å². The molecule has 1 amide bonds. The van der Waals surface area contributed by atoms with E-state index in [-0.39, 0.29) is 22.2 Å². The second kappa shape index (κ2) is 5.66. The maximum atomic E-state index is 12.0. The van der Waals surface area contributed by atoms with Crippen LogP contribution in [-0.4, -0.2) is 15.8 Å². The highest BCUT2D eigenvalue weighted by Gasteiger charge is 2.15. The standard InChI is InChI=1S/C13H10ClN3O3/c1-8-5-6-9(7-10(8)17(19)20)13(18)16-12-4-2-3-11(14)15-12/h2-7H,1H3,(H,15,16,18). The second-order valence-corrected chi connectivity index (χ2v) is 4.45. The highest BCUT2D eigenvalue weighted by molar-refractivity contribution is 6.29. The average Bonchev–Trinajstić information content (AvgIpc) is 2.38. The molecule has 0 atom stereocenters. The summed E-state index contributed by atoms with van der Waals surface area (Å²) in [6.07, 6.45) is 0. The molecule has 1 aromatic heterocycles. The molecule has 7 heteroatoms. The van der Waals surface area contributed by atoms with Gasteiger partial charge >= 0.3 is 0 Å². The smallest absolute Gasteiger partial charge is 0.273 e. The zero-order valence-corrected chi connectivity index (χ0v) is 11.2. The maximum Gasteiger partial charge on any atom is 0.273 e. The summed E-state index contributed by atoms with van der Waals surface area (Å²) in [6, 6.07) is 9.07. The summed E-state index contributed by atoms with van der Waals surface area (Å²) in [5, 5.41) is 13.6. The molecule has 1 heterocycles. The predicted octanol–water partition coefficient (Wildman–Crippen LogP) is 3.20. The molecule has 0 saturated carbocycles. The quantitative estimate of drug-likeness (QED) is 0.534. The Kier molecular flexibility index (Phi) is 3.95. The molecule has 0 spiro atoms. The van der Waals surface area contributed by atoms with Crippen molar-refractivity contribution in [2.75, 3.05) is 5.32 Å². The average molecular weight is 292 g/mol. The van der Waals surface area contributed by atoms with Gasteiger partial charge in [0, 0.05) is 17.2 Å². The lowest BCUT2D eigenvalue weighted by atomic mass is 10.1. The molecule has 1 N–H and O–H groups in total. The number of nitro groups is 1. The van der Waals surface area contributed by atoms with Crippen LogP contribution in [0.1, 0.15) is 15.9 Å². The number of nitrogens with one attached hydrogen (secondary N) is 1. The van der Waals surface area contributed by atoms with Crippen LogP contribution in [0.2, 0.25) is 5.15 Å². The molecule has 102 valence electrons. The van der Waals surface area contributed by atoms with E-state index in [1.54, 1.807) is 25.1 Å². The molecule has 6 nitrogen and oxygen atoms in total. The van der Waals surface area contributed by atoms with Crippen molar-refractivity contribution in [2.45, 2.75) is 6.92 Å². The van der Waals surface area contributed by atoms with Crippen molar-refractivity contribution in [3.05, 3.63) is 62.8 Å². The zero-order chi connectivity index (χ0) is 14.7. The maximum absolute atomic E-state index is 12.0. The molecular weight excluding hydrogens is 282 g/mol. The Bertz CT molecular complexity index is 688. The van der Waals surface area contributed by atoms with Crippen LogP contribution >= 0.6 is 11.6 Å². The number of amides is 1. The first-order valence-corrected chi connectivity index (χ1v) is 6.04. The molecule has 0 aliphatic carbocycles. The topological polar surface area (TPSA) is 85.1 Å². The second-order valence-electron chi connectivity index (χ2n) is 4.06. The summed E-state index contributed by atoms with van der Waals surface area (Å²) >= 11 is 5.71. The molecule has 2 aromatic rings. The molecule has 0 aliphatic heterocycles. The van der Waals surface area contributed by atoms with E-state index in [0.717, 1.165) is 0 Å². The van der Waals surface area contributed by atoms with Crippen molar-refractivity contribution in [2.24, 2.45) is 0 Å². The fraction of sp³-hybridized carbons (Fsp3) is 0.0769. The fourth-order valence-corrected chi connectivity index (χ4v) is 1.78. The molecule has 0 unspecified atom stereocenters. The minimum Gasteiger partial charge on any atom is -0.307 e. The van der Waals surface area contributed by atoms with E-state index in [1.807, 2.05) is 0 Å². The third-order valence-corrected chi connectivity index (χ3v) is 2.84. The van der Waals surface area contributed by atoms with Gasteiger partial charge in [-0.25, -0.2) is 4.98 Å². The predicted molar refractivity (Wildman–Crippen MR) is 75.0 cm³/mol. The normalized spacial score (nSPS) is 10.1. The number of hydrogen-bond donors (Lipinski definition) is 1. The summed E-state index contributed by atoms with van der Waals surface area (Å²) in [5.74, 6) is -0.200. The number of nitrogens with zero attached hydrogens (tertiary/aromatic N) is 2. The van der Waals surface area contributed by atoms with Crippen molar-refractivity contribution in [3.8, 4) is 0 Å². The van der Waals surface area contributed by atoms with E-state index in [9.17, 15) is 14.9 Å². The molecule has 20 heavy (non-hydrogen) atoms. The molecule has 2 rings (SSSR count). The summed E-state index contributed by atoms with van der Waals surface area (Å²) in [6.45, 7) is 1.61. The fourth-order valence-electron chi connectivity index (χ4n) is 1.61. The van der Waals surface area contributed by atoms with Crippen molar-refractivity contribution < 1.29 is 9.72 Å². The number of nitro benzene ring substituents is 1. The summed E-state index contributed by atoms with van der Waals surface area (Å²) in [5.41, 5.74) is 0.577. The van der Waals surface area contributed by atoms with Gasteiger partial charge in [-0.05, 0) is 25.1 Å². The summed E-state index contributed by atoms with van der Waals surface area (Å²) in [4.78, 5) is 26.2. The number of hydrogen-bond acceptors (Lipinski definition) is 4. The number of carbonyl (C=O) groups is 1. The molecular formula is C13H10ClN3O3. The van der Waals surface area contributed by atoms with E-state index in [2.05, 4.69) is 10.3 Å². The minimum atomic E-state index is -0.524. The molecule has 0 fully saturated rings. The van der Waals surface area contributed by atoms with Gasteiger partial charge in [-0.2, -0.15) is 0 Å². The Morgan fingerprint density at radius 2 is 2.10 bits per heavy atom. The molecule has 0 radical (unpaired) electrons. The molecule has 0 aliphatic rings. The lowest BCUT2D eigenvalue weighted by molar-refractivity contribution is -0.385. The van der Waals surface area contributed by atoms with Gasteiger partial charge in [0.1, 0.15) is 11.0 Å². The van der Waals surface area contributed by atoms with Crippen LogP contribution in [0.5, 0.6) is 0 Å². The molecule has 0 bridgehead atoms. The van der Waals surface area contributed by atoms with E-state index >= 15 is 0 Å². The lowest BCUT2D eigenvalue weighted by Gasteiger charge is -2.05. The van der Waals surface area contributed by atoms with Gasteiger partial charge in [0.05, 0.1) is 4.92 Å². The lowest BCUT2D eigenvalue weighted by Crippen LogP contribution is -2.13. The van der Waals surface area contributed by atoms with Crippen molar-refractivity contribution in [3.63, 3.8) is 0 Å². The van der Waals surface area contributed by atoms with Gasteiger partial charge in [-0.3, -0.25) is 14.9 Å². The number of benzene rings is 1. The van der Waals surface area contributed by atoms with Crippen molar-refractivity contribution in [1.29, 1.82) is 0 Å². The van der Waals surface area contributed by atoms with Crippen LogP contribution in [0.4, 0.5) is 11.5 Å². The third kappa shape index (κ3) is 3.10. The molecule has 1 aromatic carbocycles. The van der Waals surface area contributed by atoms with Gasteiger partial charge in [-0.1, -0.05) is 23.7 Å². The zero-order valence-electron chi connectivity index (χ0n) is 10.5. The number of aryl methyl sites for hydroxylation is 1. The van der Waals surface area contributed by atoms with Gasteiger partial charge in [0.2, 0.25) is 0 Å². The van der Waals surface area contributed by atoms with E-state index < -0.39 is 10.8 Å². The summed E-state index contributed by atoms with van der Waals surface area (Å²) < 4.78 is 0. The van der Waals surface area contributed by atoms with Crippen LogP contribution in [0.15, 0.2) is 36.4 Å². The molecule has 0 saturated heterocycles. The Balaban J connectivity index is 2.26. The Hall–Kier alpha value is -2.47. The number of pyridine rings is 1. The first kappa shape index (κ1) is 14.0. The summed E-state index contributed by atoms with van der Waals surface area (Å²) in [7, 11) is 0. The number of carbonyl (C=O) groups excluding carboxylic acids is 1. The van der Waals surface area contributed by atoms with Gasteiger partial charge in [0.25, 0.3) is 11.6 Å². The van der Waals surface area contributed by atoms with Crippen LogP contribution in [-0.2, 0) is 0 Å². The van der Waals surface area contributed by atoms with Crippen LogP contribution in [0.3, 0.4) is 0 Å². The SMILES string of the molecule is Cc1ccc(C(=O)Nc2cccc(Cl)n2)cc1[N+](=O)[O-]. The number of anilines is 1. The van der Waals surface area contributed by atoms with Gasteiger partial charge in [0.15, 0.2) is 0 Å². The first-order valence-electron chi connectivity index (χ1n) is 5.66. The van der Waals surface area contributed by atoms with Crippen molar-refractivity contribution in [1.82, 2.24) is 4.98 Å². The Labute approximate surface area is 119 Å². The van der Waals surface area contributed by atoms with Gasteiger partial charge < -0.3 is 5.32 Å². The van der Waals surface area contributed by atoms with Gasteiger partial charge in [-0.15, -0.1) is 0 Å². The van der Waals surface area contributed by atoms with Crippen LogP contribution < -0.4 is 5.32 Å². The Morgan fingerprint density at radius 3 is 2.75 bits per heavy atom. The monoisotopic (exact) mass is 291 g/mol. The number of aromatic nitrogens is 1. The van der Waals surface area contributed by atoms with E-state index in [0.29, 0.717) is 5.56 Å². The number of rotatable bonds is 3. The number of halogens is 1.